The van der Waals surface area contributed by atoms with Crippen molar-refractivity contribution in [1.29, 1.82) is 0 Å². The number of nitrogens with zero attached hydrogens (tertiary/aromatic N) is 1. The van der Waals surface area contributed by atoms with Crippen LogP contribution in [-0.4, -0.2) is 46.2 Å². The van der Waals surface area contributed by atoms with Gasteiger partial charge in [0.25, 0.3) is 0 Å². The summed E-state index contributed by atoms with van der Waals surface area (Å²) in [6, 6.07) is 5.63. The highest BCUT2D eigenvalue weighted by molar-refractivity contribution is 14.0. The van der Waals surface area contributed by atoms with Gasteiger partial charge in [-0.25, -0.2) is 0 Å². The Kier molecular flexibility index (Phi) is 11.1. The number of methoxy groups -OCH3 is 2. The summed E-state index contributed by atoms with van der Waals surface area (Å²) in [4.78, 5) is 16.1. The number of amides is 1. The molecule has 0 fully saturated rings. The second kappa shape index (κ2) is 11.9. The van der Waals surface area contributed by atoms with Gasteiger partial charge in [0, 0.05) is 31.1 Å². The number of hydrogen-bond donors (Lipinski definition) is 3. The normalized spacial score (nSPS) is 12.5. The van der Waals surface area contributed by atoms with Crippen molar-refractivity contribution in [3.05, 3.63) is 23.8 Å². The van der Waals surface area contributed by atoms with Crippen molar-refractivity contribution in [2.75, 3.05) is 34.4 Å². The van der Waals surface area contributed by atoms with Gasteiger partial charge in [-0.2, -0.15) is 0 Å². The summed E-state index contributed by atoms with van der Waals surface area (Å²) in [6.45, 7) is 8.78. The van der Waals surface area contributed by atoms with Gasteiger partial charge in [0.05, 0.1) is 20.3 Å². The van der Waals surface area contributed by atoms with Crippen molar-refractivity contribution in [1.82, 2.24) is 16.0 Å². The van der Waals surface area contributed by atoms with Gasteiger partial charge in [-0.1, -0.05) is 20.8 Å². The van der Waals surface area contributed by atoms with Gasteiger partial charge in [0.1, 0.15) is 11.5 Å². The first-order valence-corrected chi connectivity index (χ1v) is 8.70. The third-order valence-corrected chi connectivity index (χ3v) is 3.86. The lowest BCUT2D eigenvalue weighted by atomic mass is 9.96. The number of nitrogens with one attached hydrogen (secondary N) is 3. The van der Waals surface area contributed by atoms with Crippen molar-refractivity contribution < 1.29 is 14.3 Å². The molecule has 1 aromatic carbocycles. The molecule has 1 amide bonds. The van der Waals surface area contributed by atoms with Crippen LogP contribution in [0.25, 0.3) is 0 Å². The Bertz CT molecular complexity index is 630. The molecule has 0 aliphatic heterocycles. The quantitative estimate of drug-likeness (QED) is 0.236. The van der Waals surface area contributed by atoms with Crippen molar-refractivity contribution in [2.45, 2.75) is 33.7 Å². The molecule has 0 aliphatic carbocycles. The van der Waals surface area contributed by atoms with Crippen LogP contribution in [0, 0.1) is 5.41 Å². The van der Waals surface area contributed by atoms with E-state index in [0.29, 0.717) is 19.0 Å². The molecule has 1 atom stereocenters. The summed E-state index contributed by atoms with van der Waals surface area (Å²) in [5.74, 6) is 2.21. The van der Waals surface area contributed by atoms with Crippen molar-refractivity contribution in [3.63, 3.8) is 0 Å². The number of carbonyl (C=O) groups is 1. The first-order chi connectivity index (χ1) is 12.2. The van der Waals surface area contributed by atoms with Gasteiger partial charge in [0.2, 0.25) is 5.91 Å². The number of guanidine groups is 1. The summed E-state index contributed by atoms with van der Waals surface area (Å²) in [6.07, 6.45) is 0. The van der Waals surface area contributed by atoms with Gasteiger partial charge in [-0.15, -0.1) is 24.0 Å². The number of hydrogen-bond acceptors (Lipinski definition) is 4. The highest BCUT2D eigenvalue weighted by atomic mass is 127. The second-order valence-electron chi connectivity index (χ2n) is 6.98. The molecule has 0 saturated carbocycles. The first kappa shape index (κ1) is 25.3. The maximum Gasteiger partial charge on any atom is 0.225 e. The van der Waals surface area contributed by atoms with E-state index in [4.69, 9.17) is 9.47 Å². The molecule has 1 unspecified atom stereocenters. The third kappa shape index (κ3) is 8.23. The minimum Gasteiger partial charge on any atom is -0.497 e. The number of rotatable bonds is 7. The van der Waals surface area contributed by atoms with Crippen molar-refractivity contribution in [2.24, 2.45) is 10.4 Å². The van der Waals surface area contributed by atoms with E-state index in [9.17, 15) is 4.79 Å². The lowest BCUT2D eigenvalue weighted by molar-refractivity contribution is -0.128. The van der Waals surface area contributed by atoms with Crippen molar-refractivity contribution in [3.8, 4) is 11.5 Å². The van der Waals surface area contributed by atoms with E-state index in [1.54, 1.807) is 21.3 Å². The van der Waals surface area contributed by atoms with E-state index in [1.165, 1.54) is 0 Å². The van der Waals surface area contributed by atoms with Crippen LogP contribution in [0.5, 0.6) is 11.5 Å². The van der Waals surface area contributed by atoms with Crippen LogP contribution in [0.1, 0.15) is 39.3 Å². The Morgan fingerprint density at radius 2 is 1.78 bits per heavy atom. The Labute approximate surface area is 179 Å². The summed E-state index contributed by atoms with van der Waals surface area (Å²) in [5.41, 5.74) is 0.577. The predicted octanol–water partition coefficient (Wildman–Crippen LogP) is 2.71. The van der Waals surface area contributed by atoms with Crippen LogP contribution < -0.4 is 25.4 Å². The molecule has 3 N–H and O–H groups in total. The smallest absolute Gasteiger partial charge is 0.225 e. The standard InChI is InChI=1S/C19H32N4O3.HI/c1-13(15-12-14(25-6)8-9-16(15)26-7)23-18(20-5)22-11-10-21-17(24)19(2,3)4;/h8-9,12-13H,10-11H2,1-7H3,(H,21,24)(H2,20,22,23);1H. The van der Waals surface area contributed by atoms with E-state index in [-0.39, 0.29) is 35.9 Å². The fraction of sp³-hybridized carbons (Fsp3) is 0.579. The monoisotopic (exact) mass is 492 g/mol. The Morgan fingerprint density at radius 1 is 1.15 bits per heavy atom. The minimum absolute atomic E-state index is 0. The first-order valence-electron chi connectivity index (χ1n) is 8.70. The summed E-state index contributed by atoms with van der Waals surface area (Å²) in [5, 5.41) is 9.41. The molecule has 0 radical (unpaired) electrons. The minimum atomic E-state index is -0.392. The van der Waals surface area contributed by atoms with E-state index in [0.717, 1.165) is 17.1 Å². The van der Waals surface area contributed by atoms with E-state index >= 15 is 0 Å². The van der Waals surface area contributed by atoms with Crippen LogP contribution in [0.2, 0.25) is 0 Å². The van der Waals surface area contributed by atoms with E-state index in [2.05, 4.69) is 20.9 Å². The molecule has 0 saturated heterocycles. The number of aliphatic imine (C=N–C) groups is 1. The summed E-state index contributed by atoms with van der Waals surface area (Å²) in [7, 11) is 4.98. The highest BCUT2D eigenvalue weighted by Crippen LogP contribution is 2.29. The molecule has 8 heteroatoms. The van der Waals surface area contributed by atoms with Crippen LogP contribution in [0.4, 0.5) is 0 Å². The zero-order chi connectivity index (χ0) is 19.7. The Balaban J connectivity index is 0.00000676. The largest absolute Gasteiger partial charge is 0.497 e. The van der Waals surface area contributed by atoms with E-state index < -0.39 is 5.41 Å². The van der Waals surface area contributed by atoms with Crippen LogP contribution >= 0.6 is 24.0 Å². The highest BCUT2D eigenvalue weighted by Gasteiger charge is 2.20. The van der Waals surface area contributed by atoms with Crippen LogP contribution in [0.15, 0.2) is 23.2 Å². The molecule has 7 nitrogen and oxygen atoms in total. The average Bonchev–Trinajstić information content (AvgIpc) is 2.62. The molecule has 0 aromatic heterocycles. The molecule has 1 rings (SSSR count). The number of benzene rings is 1. The maximum absolute atomic E-state index is 11.9. The predicted molar refractivity (Wildman–Crippen MR) is 120 cm³/mol. The van der Waals surface area contributed by atoms with E-state index in [1.807, 2.05) is 45.9 Å². The van der Waals surface area contributed by atoms with Gasteiger partial charge in [-0.05, 0) is 25.1 Å². The lowest BCUT2D eigenvalue weighted by Gasteiger charge is -2.21. The number of carbonyl (C=O) groups excluding carboxylic acids is 1. The number of halogens is 1. The molecule has 154 valence electrons. The topological polar surface area (TPSA) is 84.0 Å². The average molecular weight is 492 g/mol. The molecule has 0 heterocycles. The Morgan fingerprint density at radius 3 is 2.30 bits per heavy atom. The SMILES string of the molecule is CN=C(NCCNC(=O)C(C)(C)C)NC(C)c1cc(OC)ccc1OC.I. The maximum atomic E-state index is 11.9. The fourth-order valence-electron chi connectivity index (χ4n) is 2.28. The molecule has 0 aliphatic rings. The van der Waals surface area contributed by atoms with Gasteiger partial charge in [-0.3, -0.25) is 9.79 Å². The lowest BCUT2D eigenvalue weighted by Crippen LogP contribution is -2.44. The molecule has 27 heavy (non-hydrogen) atoms. The zero-order valence-corrected chi connectivity index (χ0v) is 19.6. The van der Waals surface area contributed by atoms with Crippen molar-refractivity contribution >= 4 is 35.8 Å². The molecule has 1 aromatic rings. The van der Waals surface area contributed by atoms with Gasteiger partial charge < -0.3 is 25.4 Å². The molecular weight excluding hydrogens is 459 g/mol. The van der Waals surface area contributed by atoms with Crippen LogP contribution in [-0.2, 0) is 4.79 Å². The zero-order valence-electron chi connectivity index (χ0n) is 17.3. The Hall–Kier alpha value is -1.71. The number of ether oxygens (including phenoxy) is 2. The molecule has 0 bridgehead atoms. The molecule has 0 spiro atoms. The van der Waals surface area contributed by atoms with Gasteiger partial charge in [0.15, 0.2) is 5.96 Å². The van der Waals surface area contributed by atoms with Gasteiger partial charge >= 0.3 is 0 Å². The fourth-order valence-corrected chi connectivity index (χ4v) is 2.28. The second-order valence-corrected chi connectivity index (χ2v) is 6.98. The molecular formula is C19H33IN4O3. The summed E-state index contributed by atoms with van der Waals surface area (Å²) < 4.78 is 10.7. The summed E-state index contributed by atoms with van der Waals surface area (Å²) >= 11 is 0. The van der Waals surface area contributed by atoms with Crippen LogP contribution in [0.3, 0.4) is 0 Å². The third-order valence-electron chi connectivity index (χ3n) is 3.86.